The van der Waals surface area contributed by atoms with E-state index in [-0.39, 0.29) is 23.0 Å². The number of sulfonamides is 1. The van der Waals surface area contributed by atoms with Gasteiger partial charge in [-0.3, -0.25) is 4.79 Å². The van der Waals surface area contributed by atoms with Crippen molar-refractivity contribution in [2.45, 2.75) is 49.1 Å². The fourth-order valence-corrected chi connectivity index (χ4v) is 4.88. The Morgan fingerprint density at radius 1 is 1.32 bits per heavy atom. The smallest absolute Gasteiger partial charge is 0.246 e. The summed E-state index contributed by atoms with van der Waals surface area (Å²) in [4.78, 5) is 12.4. The predicted molar refractivity (Wildman–Crippen MR) is 105 cm³/mol. The highest BCUT2D eigenvalue weighted by Gasteiger charge is 2.39. The topological polar surface area (TPSA) is 100 Å². The number of carbonyl (C=O) groups is 1. The van der Waals surface area contributed by atoms with Gasteiger partial charge in [0.2, 0.25) is 15.9 Å². The number of benzene rings is 1. The van der Waals surface area contributed by atoms with Crippen molar-refractivity contribution < 1.29 is 17.9 Å². The molecule has 150 valence electrons. The summed E-state index contributed by atoms with van der Waals surface area (Å²) in [6.07, 6.45) is 8.94. The van der Waals surface area contributed by atoms with Crippen molar-refractivity contribution in [3.63, 3.8) is 0 Å². The molecule has 9 heteroatoms. The Bertz CT molecular complexity index is 908. The Hall–Kier alpha value is -2.44. The van der Waals surface area contributed by atoms with Crippen LogP contribution in [0.3, 0.4) is 0 Å². The van der Waals surface area contributed by atoms with Gasteiger partial charge in [-0.15, -0.1) is 12.3 Å². The summed E-state index contributed by atoms with van der Waals surface area (Å²) in [5.74, 6) is 2.57. The van der Waals surface area contributed by atoms with E-state index in [1.165, 1.54) is 23.5 Å². The van der Waals surface area contributed by atoms with E-state index in [1.807, 2.05) is 0 Å². The van der Waals surface area contributed by atoms with Gasteiger partial charge in [0.1, 0.15) is 10.6 Å². The number of hydrogen-bond acceptors (Lipinski definition) is 6. The molecule has 2 heterocycles. The molecule has 0 unspecified atom stereocenters. The molecular formula is C19H24N4O4S. The molecule has 0 aliphatic carbocycles. The van der Waals surface area contributed by atoms with E-state index in [2.05, 4.69) is 21.5 Å². The van der Waals surface area contributed by atoms with Crippen LogP contribution in [0, 0.1) is 12.3 Å². The number of hydrogen-bond donors (Lipinski definition) is 1. The van der Waals surface area contributed by atoms with E-state index in [0.717, 1.165) is 12.8 Å². The van der Waals surface area contributed by atoms with Crippen molar-refractivity contribution in [1.29, 1.82) is 0 Å². The van der Waals surface area contributed by atoms with Crippen LogP contribution in [0.5, 0.6) is 5.75 Å². The molecule has 2 aliphatic heterocycles. The van der Waals surface area contributed by atoms with Crippen LogP contribution in [0.4, 0.5) is 5.69 Å². The molecule has 1 aromatic rings. The monoisotopic (exact) mass is 404 g/mol. The molecule has 1 N–H and O–H groups in total. The van der Waals surface area contributed by atoms with Crippen molar-refractivity contribution in [3.05, 3.63) is 18.2 Å². The largest absolute Gasteiger partial charge is 0.495 e. The highest BCUT2D eigenvalue weighted by atomic mass is 32.2. The van der Waals surface area contributed by atoms with Gasteiger partial charge >= 0.3 is 0 Å². The van der Waals surface area contributed by atoms with Gasteiger partial charge in [-0.05, 0) is 25.0 Å². The van der Waals surface area contributed by atoms with E-state index < -0.39 is 15.7 Å². The number of anilines is 1. The molecule has 1 amide bonds. The number of amides is 1. The Kier molecular flexibility index (Phi) is 6.01. The molecule has 28 heavy (non-hydrogen) atoms. The molecule has 1 saturated heterocycles. The Labute approximate surface area is 165 Å². The van der Waals surface area contributed by atoms with E-state index in [4.69, 9.17) is 11.2 Å². The highest BCUT2D eigenvalue weighted by molar-refractivity contribution is 7.89. The third-order valence-electron chi connectivity index (χ3n) is 4.94. The number of ether oxygens (including phenoxy) is 1. The molecule has 0 bridgehead atoms. The Morgan fingerprint density at radius 2 is 2.04 bits per heavy atom. The molecule has 0 saturated carbocycles. The van der Waals surface area contributed by atoms with E-state index in [0.29, 0.717) is 38.0 Å². The van der Waals surface area contributed by atoms with Crippen LogP contribution in [0.2, 0.25) is 0 Å². The minimum Gasteiger partial charge on any atom is -0.495 e. The molecule has 3 rings (SSSR count). The van der Waals surface area contributed by atoms with Crippen LogP contribution in [0.15, 0.2) is 33.3 Å². The standard InChI is InChI=1S/C19H24N4O4S/c1-3-4-10-19(21-22-19)11-9-18(24)20-15-7-8-17(16(14-15)27-2)28(25,26)23-12-5-6-13-23/h1,7-8,14H,4-6,9-13H2,2H3,(H,20,24). The van der Waals surface area contributed by atoms with Crippen LogP contribution in [0.25, 0.3) is 0 Å². The number of methoxy groups -OCH3 is 1. The summed E-state index contributed by atoms with van der Waals surface area (Å²) < 4.78 is 32.3. The zero-order valence-corrected chi connectivity index (χ0v) is 16.7. The van der Waals surface area contributed by atoms with Gasteiger partial charge in [-0.2, -0.15) is 14.5 Å². The van der Waals surface area contributed by atoms with Gasteiger partial charge in [0.15, 0.2) is 5.66 Å². The highest BCUT2D eigenvalue weighted by Crippen LogP contribution is 2.37. The second-order valence-electron chi connectivity index (χ2n) is 6.91. The first kappa shape index (κ1) is 20.3. The van der Waals surface area contributed by atoms with Crippen molar-refractivity contribution in [1.82, 2.24) is 4.31 Å². The summed E-state index contributed by atoms with van der Waals surface area (Å²) in [7, 11) is -2.19. The first-order valence-corrected chi connectivity index (χ1v) is 10.7. The van der Waals surface area contributed by atoms with Gasteiger partial charge in [0.25, 0.3) is 0 Å². The molecule has 0 aromatic heterocycles. The maximum absolute atomic E-state index is 12.8. The normalized spacial score (nSPS) is 17.9. The average Bonchev–Trinajstić information content (AvgIpc) is 3.22. The molecule has 1 aromatic carbocycles. The lowest BCUT2D eigenvalue weighted by Crippen LogP contribution is -2.28. The lowest BCUT2D eigenvalue weighted by Gasteiger charge is -2.18. The van der Waals surface area contributed by atoms with Crippen LogP contribution < -0.4 is 10.1 Å². The van der Waals surface area contributed by atoms with Gasteiger partial charge in [-0.1, -0.05) is 0 Å². The fourth-order valence-electron chi connectivity index (χ4n) is 3.23. The van der Waals surface area contributed by atoms with Gasteiger partial charge in [0, 0.05) is 50.5 Å². The van der Waals surface area contributed by atoms with Crippen LogP contribution >= 0.6 is 0 Å². The third kappa shape index (κ3) is 4.51. The SMILES string of the molecule is C#CCCC1(CCC(=O)Nc2ccc(S(=O)(=O)N3CCCC3)c(OC)c2)N=N1. The summed E-state index contributed by atoms with van der Waals surface area (Å²) in [6.45, 7) is 1.03. The van der Waals surface area contributed by atoms with Gasteiger partial charge in [0.05, 0.1) is 7.11 Å². The third-order valence-corrected chi connectivity index (χ3v) is 6.87. The first-order chi connectivity index (χ1) is 13.4. The Balaban J connectivity index is 1.64. The number of carbonyl (C=O) groups excluding carboxylic acids is 1. The number of nitrogens with one attached hydrogen (secondary N) is 1. The zero-order valence-electron chi connectivity index (χ0n) is 15.8. The second kappa shape index (κ2) is 8.29. The summed E-state index contributed by atoms with van der Waals surface area (Å²) in [5.41, 5.74) is -0.0284. The van der Waals surface area contributed by atoms with Crippen molar-refractivity contribution in [3.8, 4) is 18.1 Å². The second-order valence-corrected chi connectivity index (χ2v) is 8.82. The lowest BCUT2D eigenvalue weighted by atomic mass is 10.0. The average molecular weight is 404 g/mol. The summed E-state index contributed by atoms with van der Waals surface area (Å²) in [6, 6.07) is 4.58. The quantitative estimate of drug-likeness (QED) is 0.640. The lowest BCUT2D eigenvalue weighted by molar-refractivity contribution is -0.116. The van der Waals surface area contributed by atoms with Crippen molar-refractivity contribution in [2.75, 3.05) is 25.5 Å². The van der Waals surface area contributed by atoms with Crippen molar-refractivity contribution in [2.24, 2.45) is 10.2 Å². The van der Waals surface area contributed by atoms with E-state index >= 15 is 0 Å². The van der Waals surface area contributed by atoms with E-state index in [1.54, 1.807) is 6.07 Å². The number of nitrogens with zero attached hydrogens (tertiary/aromatic N) is 3. The molecule has 0 spiro atoms. The van der Waals surface area contributed by atoms with Gasteiger partial charge < -0.3 is 10.1 Å². The summed E-state index contributed by atoms with van der Waals surface area (Å²) in [5, 5.41) is 10.8. The van der Waals surface area contributed by atoms with Gasteiger partial charge in [-0.25, -0.2) is 8.42 Å². The first-order valence-electron chi connectivity index (χ1n) is 9.26. The molecule has 8 nitrogen and oxygen atoms in total. The number of terminal acetylenes is 1. The van der Waals surface area contributed by atoms with Crippen LogP contribution in [-0.2, 0) is 14.8 Å². The molecular weight excluding hydrogens is 380 g/mol. The minimum atomic E-state index is -3.60. The summed E-state index contributed by atoms with van der Waals surface area (Å²) >= 11 is 0. The maximum Gasteiger partial charge on any atom is 0.246 e. The molecule has 1 fully saturated rings. The molecule has 2 aliphatic rings. The molecule has 0 atom stereocenters. The van der Waals surface area contributed by atoms with Crippen molar-refractivity contribution >= 4 is 21.6 Å². The Morgan fingerprint density at radius 3 is 2.64 bits per heavy atom. The number of rotatable bonds is 9. The zero-order chi connectivity index (χ0) is 20.2. The van der Waals surface area contributed by atoms with E-state index in [9.17, 15) is 13.2 Å². The van der Waals surface area contributed by atoms with Crippen LogP contribution in [0.1, 0.15) is 38.5 Å². The van der Waals surface area contributed by atoms with Crippen LogP contribution in [-0.4, -0.2) is 44.5 Å². The fraction of sp³-hybridized carbons (Fsp3) is 0.526. The predicted octanol–water partition coefficient (Wildman–Crippen LogP) is 2.77. The minimum absolute atomic E-state index is 0.110. The maximum atomic E-state index is 12.8. The molecule has 0 radical (unpaired) electrons.